The summed E-state index contributed by atoms with van der Waals surface area (Å²) in [7, 11) is 0. The average Bonchev–Trinajstić information content (AvgIpc) is 2.84. The van der Waals surface area contributed by atoms with Gasteiger partial charge in [0.15, 0.2) is 5.16 Å². The number of thioether (sulfide) groups is 1. The van der Waals surface area contributed by atoms with E-state index in [9.17, 15) is 9.59 Å². The number of hydrazone groups is 1. The number of allylic oxidation sites excluding steroid dienone is 1. The Bertz CT molecular complexity index is 1440. The molecule has 0 bridgehead atoms. The lowest BCUT2D eigenvalue weighted by atomic mass is 10.2. The normalized spacial score (nSPS) is 11.8. The van der Waals surface area contributed by atoms with Crippen LogP contribution in [0.3, 0.4) is 0 Å². The molecule has 1 amide bonds. The Morgan fingerprint density at radius 1 is 1.03 bits per heavy atom. The molecular weight excluding hydrogens is 580 g/mol. The van der Waals surface area contributed by atoms with Gasteiger partial charge in [0, 0.05) is 8.96 Å². The molecule has 0 radical (unpaired) electrons. The molecule has 0 fully saturated rings. The fourth-order valence-corrected chi connectivity index (χ4v) is 4.54. The third-order valence-electron chi connectivity index (χ3n) is 4.64. The Hall–Kier alpha value is -3.01. The second kappa shape index (κ2) is 11.4. The van der Waals surface area contributed by atoms with Crippen molar-refractivity contribution < 1.29 is 4.79 Å². The van der Waals surface area contributed by atoms with Gasteiger partial charge in [-0.05, 0) is 64.0 Å². The first-order valence-electron chi connectivity index (χ1n) is 10.2. The van der Waals surface area contributed by atoms with E-state index in [1.807, 2.05) is 66.7 Å². The average molecular weight is 598 g/mol. The first-order chi connectivity index (χ1) is 16.5. The first kappa shape index (κ1) is 24.1. The number of rotatable bonds is 7. The zero-order chi connectivity index (χ0) is 23.9. The van der Waals surface area contributed by atoms with Crippen LogP contribution in [0.1, 0.15) is 5.56 Å². The van der Waals surface area contributed by atoms with Gasteiger partial charge in [-0.25, -0.2) is 10.4 Å². The minimum absolute atomic E-state index is 0.0403. The Morgan fingerprint density at radius 2 is 1.74 bits per heavy atom. The lowest BCUT2D eigenvalue weighted by Gasteiger charge is -2.13. The number of para-hydroxylation sites is 1. The van der Waals surface area contributed by atoms with Gasteiger partial charge >= 0.3 is 0 Å². The summed E-state index contributed by atoms with van der Waals surface area (Å²) < 4.78 is 3.14. The number of halogens is 2. The molecule has 0 unspecified atom stereocenters. The van der Waals surface area contributed by atoms with E-state index in [4.69, 9.17) is 0 Å². The molecule has 0 aliphatic heterocycles. The zero-order valence-corrected chi connectivity index (χ0v) is 21.7. The molecular formula is C25H18Br2N4O2S. The summed E-state index contributed by atoms with van der Waals surface area (Å²) >= 11 is 8.00. The lowest BCUT2D eigenvalue weighted by molar-refractivity contribution is -0.118. The maximum Gasteiger partial charge on any atom is 0.266 e. The molecule has 1 aromatic heterocycles. The molecule has 3 aromatic carbocycles. The van der Waals surface area contributed by atoms with Gasteiger partial charge in [-0.1, -0.05) is 70.2 Å². The summed E-state index contributed by atoms with van der Waals surface area (Å²) in [5.74, 6) is -0.274. The number of nitrogens with one attached hydrogen (secondary N) is 1. The molecule has 9 heteroatoms. The molecule has 0 aliphatic carbocycles. The van der Waals surface area contributed by atoms with Crippen molar-refractivity contribution in [2.24, 2.45) is 5.10 Å². The zero-order valence-electron chi connectivity index (χ0n) is 17.7. The van der Waals surface area contributed by atoms with Gasteiger partial charge < -0.3 is 0 Å². The van der Waals surface area contributed by atoms with E-state index in [-0.39, 0.29) is 17.2 Å². The van der Waals surface area contributed by atoms with Crippen LogP contribution in [0.15, 0.2) is 103 Å². The van der Waals surface area contributed by atoms with Crippen molar-refractivity contribution >= 4 is 72.7 Å². The molecule has 4 rings (SSSR count). The van der Waals surface area contributed by atoms with Crippen LogP contribution in [0.25, 0.3) is 22.7 Å². The molecule has 0 saturated heterocycles. The first-order valence-corrected chi connectivity index (χ1v) is 12.7. The molecule has 0 aliphatic rings. The van der Waals surface area contributed by atoms with E-state index in [2.05, 4.69) is 47.4 Å². The molecule has 1 heterocycles. The van der Waals surface area contributed by atoms with E-state index in [1.54, 1.807) is 18.2 Å². The van der Waals surface area contributed by atoms with Crippen LogP contribution in [0, 0.1) is 0 Å². The third kappa shape index (κ3) is 6.11. The van der Waals surface area contributed by atoms with Crippen molar-refractivity contribution in [2.45, 2.75) is 5.16 Å². The Morgan fingerprint density at radius 3 is 2.50 bits per heavy atom. The molecule has 4 aromatic rings. The highest BCUT2D eigenvalue weighted by molar-refractivity contribution is 9.12. The van der Waals surface area contributed by atoms with Gasteiger partial charge in [0.1, 0.15) is 0 Å². The molecule has 170 valence electrons. The smallest absolute Gasteiger partial charge is 0.266 e. The number of carbonyl (C=O) groups is 1. The topological polar surface area (TPSA) is 76.3 Å². The van der Waals surface area contributed by atoms with E-state index in [1.165, 1.54) is 22.5 Å². The molecule has 6 nitrogen and oxygen atoms in total. The second-order valence-electron chi connectivity index (χ2n) is 7.05. The number of fused-ring (bicyclic) bond motifs is 1. The highest BCUT2D eigenvalue weighted by atomic mass is 79.9. The van der Waals surface area contributed by atoms with Crippen LogP contribution in [0.5, 0.6) is 0 Å². The summed E-state index contributed by atoms with van der Waals surface area (Å²) in [6.07, 6.45) is 3.40. The molecule has 0 atom stereocenters. The van der Waals surface area contributed by atoms with Crippen molar-refractivity contribution in [3.05, 3.63) is 104 Å². The van der Waals surface area contributed by atoms with Crippen LogP contribution in [0.2, 0.25) is 0 Å². The van der Waals surface area contributed by atoms with Gasteiger partial charge in [-0.3, -0.25) is 14.2 Å². The highest BCUT2D eigenvalue weighted by Gasteiger charge is 2.14. The van der Waals surface area contributed by atoms with Gasteiger partial charge in [0.25, 0.3) is 11.5 Å². The summed E-state index contributed by atoms with van der Waals surface area (Å²) in [5.41, 5.74) is 4.57. The van der Waals surface area contributed by atoms with Crippen molar-refractivity contribution in [1.29, 1.82) is 0 Å². The Balaban J connectivity index is 1.51. The van der Waals surface area contributed by atoms with E-state index < -0.39 is 0 Å². The van der Waals surface area contributed by atoms with Crippen molar-refractivity contribution in [3.63, 3.8) is 0 Å². The van der Waals surface area contributed by atoms with Crippen LogP contribution >= 0.6 is 43.6 Å². The number of hydrogen-bond donors (Lipinski definition) is 1. The van der Waals surface area contributed by atoms with Gasteiger partial charge in [-0.2, -0.15) is 5.10 Å². The number of aromatic nitrogens is 2. The third-order valence-corrected chi connectivity index (χ3v) is 6.54. The van der Waals surface area contributed by atoms with Crippen molar-refractivity contribution in [1.82, 2.24) is 15.0 Å². The summed E-state index contributed by atoms with van der Waals surface area (Å²) in [5, 5.41) is 4.93. The van der Waals surface area contributed by atoms with E-state index in [0.717, 1.165) is 10.0 Å². The number of carbonyl (C=O) groups excluding carboxylic acids is 1. The standard InChI is InChI=1S/C25H18Br2N4O2S/c26-18-10-12-20(13-11-18)31-24(33)21-8-4-5-9-22(21)29-25(31)34-16-23(32)30-28-15-19(27)14-17-6-2-1-3-7-17/h1-15H,16H2,(H,30,32). The maximum atomic E-state index is 13.2. The van der Waals surface area contributed by atoms with Crippen LogP contribution in [-0.4, -0.2) is 27.4 Å². The largest absolute Gasteiger partial charge is 0.272 e. The maximum absolute atomic E-state index is 13.2. The molecule has 34 heavy (non-hydrogen) atoms. The SMILES string of the molecule is O=C(CSc1nc2ccccc2c(=O)n1-c1ccc(Br)cc1)NN=CC(Br)=Cc1ccccc1. The summed E-state index contributed by atoms with van der Waals surface area (Å²) in [6.45, 7) is 0. The fraction of sp³-hybridized carbons (Fsp3) is 0.0400. The Labute approximate surface area is 217 Å². The highest BCUT2D eigenvalue weighted by Crippen LogP contribution is 2.22. The summed E-state index contributed by atoms with van der Waals surface area (Å²) in [6, 6.07) is 24.3. The molecule has 1 N–H and O–H groups in total. The molecule has 0 saturated carbocycles. The minimum Gasteiger partial charge on any atom is -0.272 e. The minimum atomic E-state index is -0.314. The predicted molar refractivity (Wildman–Crippen MR) is 146 cm³/mol. The quantitative estimate of drug-likeness (QED) is 0.127. The van der Waals surface area contributed by atoms with Gasteiger partial charge in [0.2, 0.25) is 0 Å². The fourth-order valence-electron chi connectivity index (χ4n) is 3.10. The predicted octanol–water partition coefficient (Wildman–Crippen LogP) is 5.78. The van der Waals surface area contributed by atoms with Crippen molar-refractivity contribution in [3.8, 4) is 5.69 Å². The lowest BCUT2D eigenvalue weighted by Crippen LogP contribution is -2.24. The van der Waals surface area contributed by atoms with Gasteiger partial charge in [-0.15, -0.1) is 0 Å². The van der Waals surface area contributed by atoms with E-state index >= 15 is 0 Å². The van der Waals surface area contributed by atoms with Crippen molar-refractivity contribution in [2.75, 3.05) is 5.75 Å². The number of benzene rings is 3. The summed E-state index contributed by atoms with van der Waals surface area (Å²) in [4.78, 5) is 30.3. The van der Waals surface area contributed by atoms with Crippen LogP contribution in [0.4, 0.5) is 0 Å². The van der Waals surface area contributed by atoms with Gasteiger partial charge in [0.05, 0.1) is 28.6 Å². The van der Waals surface area contributed by atoms with E-state index in [0.29, 0.717) is 26.2 Å². The monoisotopic (exact) mass is 596 g/mol. The van der Waals surface area contributed by atoms with Crippen LogP contribution in [-0.2, 0) is 4.79 Å². The van der Waals surface area contributed by atoms with Crippen LogP contribution < -0.4 is 11.0 Å². The number of hydrogen-bond acceptors (Lipinski definition) is 5. The second-order valence-corrected chi connectivity index (χ2v) is 9.82. The Kier molecular flexibility index (Phi) is 8.10. The molecule has 0 spiro atoms. The number of nitrogens with zero attached hydrogens (tertiary/aromatic N) is 3. The number of amides is 1.